The highest BCUT2D eigenvalue weighted by Crippen LogP contribution is 2.17. The molecule has 0 aromatic rings. The van der Waals surface area contributed by atoms with Gasteiger partial charge in [-0.15, -0.1) is 0 Å². The molecule has 2 atom stereocenters. The number of hydrogen-bond acceptors (Lipinski definition) is 2. The van der Waals surface area contributed by atoms with Gasteiger partial charge in [0.15, 0.2) is 0 Å². The Balaban J connectivity index is 3.67. The molecule has 4 heteroatoms. The zero-order valence-corrected chi connectivity index (χ0v) is 7.99. The Labute approximate surface area is 77.6 Å². The van der Waals surface area contributed by atoms with E-state index in [-0.39, 0.29) is 12.3 Å². The van der Waals surface area contributed by atoms with E-state index in [0.717, 1.165) is 0 Å². The largest absolute Gasteiger partial charge is 0.481 e. The molecule has 2 N–H and O–H groups in total. The highest BCUT2D eigenvalue weighted by Gasteiger charge is 2.18. The molecular weight excluding hydrogens is 172 g/mol. The fourth-order valence-electron chi connectivity index (χ4n) is 1.07. The lowest BCUT2D eigenvalue weighted by atomic mass is 9.91. The average molecular weight is 188 g/mol. The third kappa shape index (κ3) is 5.22. The van der Waals surface area contributed by atoms with E-state index in [4.69, 9.17) is 10.2 Å². The summed E-state index contributed by atoms with van der Waals surface area (Å²) < 4.78 is 0. The minimum atomic E-state index is -0.824. The van der Waals surface area contributed by atoms with E-state index < -0.39 is 17.9 Å². The molecule has 0 aliphatic carbocycles. The summed E-state index contributed by atoms with van der Waals surface area (Å²) in [6.07, 6.45) is 1.32. The third-order valence-corrected chi connectivity index (χ3v) is 2.29. The second-order valence-corrected chi connectivity index (χ2v) is 3.39. The van der Waals surface area contributed by atoms with E-state index in [1.807, 2.05) is 6.92 Å². The minimum absolute atomic E-state index is 0.0387. The maximum Gasteiger partial charge on any atom is 0.306 e. The summed E-state index contributed by atoms with van der Waals surface area (Å²) in [5.41, 5.74) is 0. The molecular formula is C9H16O4. The number of hydrogen-bond donors (Lipinski definition) is 2. The van der Waals surface area contributed by atoms with Crippen LogP contribution in [-0.2, 0) is 9.59 Å². The second kappa shape index (κ2) is 5.56. The van der Waals surface area contributed by atoms with Crippen molar-refractivity contribution in [1.29, 1.82) is 0 Å². The van der Waals surface area contributed by atoms with Gasteiger partial charge < -0.3 is 10.2 Å². The molecule has 0 rings (SSSR count). The summed E-state index contributed by atoms with van der Waals surface area (Å²) in [5.74, 6) is -2.00. The Bertz CT molecular complexity index is 188. The number of rotatable bonds is 6. The molecule has 0 aromatic heterocycles. The minimum Gasteiger partial charge on any atom is -0.481 e. The molecule has 0 radical (unpaired) electrons. The van der Waals surface area contributed by atoms with Crippen LogP contribution in [0.1, 0.15) is 33.1 Å². The standard InChI is InChI=1S/C9H16O4/c1-6(7(2)9(12)13)4-3-5-8(10)11/h6-7H,3-5H2,1-2H3,(H,10,11)(H,12,13). The smallest absolute Gasteiger partial charge is 0.306 e. The van der Waals surface area contributed by atoms with Crippen LogP contribution >= 0.6 is 0 Å². The lowest BCUT2D eigenvalue weighted by molar-refractivity contribution is -0.142. The molecule has 0 spiro atoms. The van der Waals surface area contributed by atoms with Gasteiger partial charge in [0.05, 0.1) is 5.92 Å². The topological polar surface area (TPSA) is 74.6 Å². The van der Waals surface area contributed by atoms with Crippen LogP contribution in [-0.4, -0.2) is 22.2 Å². The van der Waals surface area contributed by atoms with E-state index in [1.54, 1.807) is 6.92 Å². The lowest BCUT2D eigenvalue weighted by Crippen LogP contribution is -2.18. The van der Waals surface area contributed by atoms with E-state index in [0.29, 0.717) is 12.8 Å². The van der Waals surface area contributed by atoms with Crippen LogP contribution < -0.4 is 0 Å². The van der Waals surface area contributed by atoms with Gasteiger partial charge >= 0.3 is 11.9 Å². The van der Waals surface area contributed by atoms with Gasteiger partial charge in [0.2, 0.25) is 0 Å². The van der Waals surface area contributed by atoms with E-state index in [1.165, 1.54) is 0 Å². The van der Waals surface area contributed by atoms with Gasteiger partial charge in [-0.2, -0.15) is 0 Å². The maximum absolute atomic E-state index is 10.5. The molecule has 4 nitrogen and oxygen atoms in total. The van der Waals surface area contributed by atoms with Crippen molar-refractivity contribution in [3.63, 3.8) is 0 Å². The summed E-state index contributed by atoms with van der Waals surface area (Å²) in [6, 6.07) is 0. The molecule has 0 amide bonds. The summed E-state index contributed by atoms with van der Waals surface area (Å²) in [5, 5.41) is 17.0. The zero-order valence-electron chi connectivity index (χ0n) is 7.99. The van der Waals surface area contributed by atoms with Gasteiger partial charge in [-0.05, 0) is 18.8 Å². The predicted octanol–water partition coefficient (Wildman–Crippen LogP) is 1.60. The van der Waals surface area contributed by atoms with Gasteiger partial charge in [-0.3, -0.25) is 9.59 Å². The van der Waals surface area contributed by atoms with Gasteiger partial charge in [0, 0.05) is 6.42 Å². The first kappa shape index (κ1) is 11.9. The van der Waals surface area contributed by atoms with Crippen LogP contribution in [0.3, 0.4) is 0 Å². The van der Waals surface area contributed by atoms with Crippen LogP contribution in [0, 0.1) is 11.8 Å². The Morgan fingerprint density at radius 1 is 1.23 bits per heavy atom. The second-order valence-electron chi connectivity index (χ2n) is 3.39. The predicted molar refractivity (Wildman–Crippen MR) is 47.5 cm³/mol. The molecule has 0 bridgehead atoms. The van der Waals surface area contributed by atoms with Crippen LogP contribution in [0.25, 0.3) is 0 Å². The molecule has 0 heterocycles. The molecule has 0 saturated carbocycles. The molecule has 0 aromatic carbocycles. The molecule has 0 fully saturated rings. The van der Waals surface area contributed by atoms with E-state index >= 15 is 0 Å². The van der Waals surface area contributed by atoms with Crippen molar-refractivity contribution in [2.24, 2.45) is 11.8 Å². The van der Waals surface area contributed by atoms with Crippen molar-refractivity contribution in [2.45, 2.75) is 33.1 Å². The van der Waals surface area contributed by atoms with Crippen LogP contribution in [0.15, 0.2) is 0 Å². The van der Waals surface area contributed by atoms with Crippen molar-refractivity contribution in [3.05, 3.63) is 0 Å². The van der Waals surface area contributed by atoms with Crippen molar-refractivity contribution >= 4 is 11.9 Å². The van der Waals surface area contributed by atoms with Crippen LogP contribution in [0.5, 0.6) is 0 Å². The highest BCUT2D eigenvalue weighted by atomic mass is 16.4. The van der Waals surface area contributed by atoms with Crippen molar-refractivity contribution in [2.75, 3.05) is 0 Å². The molecule has 0 aliphatic rings. The summed E-state index contributed by atoms with van der Waals surface area (Å²) in [7, 11) is 0. The normalized spacial score (nSPS) is 14.9. The van der Waals surface area contributed by atoms with Crippen molar-refractivity contribution in [1.82, 2.24) is 0 Å². The van der Waals surface area contributed by atoms with Crippen LogP contribution in [0.4, 0.5) is 0 Å². The quantitative estimate of drug-likeness (QED) is 0.663. The molecule has 0 aliphatic heterocycles. The Morgan fingerprint density at radius 2 is 1.77 bits per heavy atom. The van der Waals surface area contributed by atoms with Crippen LogP contribution in [0.2, 0.25) is 0 Å². The highest BCUT2D eigenvalue weighted by molar-refractivity contribution is 5.69. The first-order valence-electron chi connectivity index (χ1n) is 4.39. The van der Waals surface area contributed by atoms with Crippen molar-refractivity contribution in [3.8, 4) is 0 Å². The van der Waals surface area contributed by atoms with E-state index in [9.17, 15) is 9.59 Å². The number of carbonyl (C=O) groups is 2. The third-order valence-electron chi connectivity index (χ3n) is 2.29. The zero-order chi connectivity index (χ0) is 10.4. The van der Waals surface area contributed by atoms with E-state index in [2.05, 4.69) is 0 Å². The fraction of sp³-hybridized carbons (Fsp3) is 0.778. The maximum atomic E-state index is 10.5. The number of carboxylic acid groups (broad SMARTS) is 2. The Hall–Kier alpha value is -1.06. The number of aliphatic carboxylic acids is 2. The Kier molecular flexibility index (Phi) is 5.11. The molecule has 2 unspecified atom stereocenters. The van der Waals surface area contributed by atoms with Gasteiger partial charge in [0.25, 0.3) is 0 Å². The van der Waals surface area contributed by atoms with Gasteiger partial charge in [0.1, 0.15) is 0 Å². The fourth-order valence-corrected chi connectivity index (χ4v) is 1.07. The van der Waals surface area contributed by atoms with Crippen molar-refractivity contribution < 1.29 is 19.8 Å². The molecule has 0 saturated heterocycles. The average Bonchev–Trinajstić information content (AvgIpc) is 2.02. The lowest BCUT2D eigenvalue weighted by Gasteiger charge is -2.14. The SMILES string of the molecule is CC(CCCC(=O)O)C(C)C(=O)O. The first-order valence-corrected chi connectivity index (χ1v) is 4.39. The summed E-state index contributed by atoms with van der Waals surface area (Å²) in [6.45, 7) is 3.48. The molecule has 13 heavy (non-hydrogen) atoms. The summed E-state index contributed by atoms with van der Waals surface area (Å²) in [4.78, 5) is 20.7. The number of carboxylic acids is 2. The van der Waals surface area contributed by atoms with Gasteiger partial charge in [-0.1, -0.05) is 13.8 Å². The molecule has 76 valence electrons. The first-order chi connectivity index (χ1) is 5.95. The van der Waals surface area contributed by atoms with Gasteiger partial charge in [-0.25, -0.2) is 0 Å². The monoisotopic (exact) mass is 188 g/mol. The Morgan fingerprint density at radius 3 is 2.15 bits per heavy atom. The summed E-state index contributed by atoms with van der Waals surface area (Å²) >= 11 is 0.